The highest BCUT2D eigenvalue weighted by Gasteiger charge is 2.22. The van der Waals surface area contributed by atoms with Gasteiger partial charge in [-0.2, -0.15) is 0 Å². The van der Waals surface area contributed by atoms with Crippen molar-refractivity contribution >= 4 is 27.3 Å². The van der Waals surface area contributed by atoms with Crippen molar-refractivity contribution in [3.05, 3.63) is 57.8 Å². The van der Waals surface area contributed by atoms with Gasteiger partial charge in [-0.25, -0.2) is 4.39 Å². The van der Waals surface area contributed by atoms with E-state index >= 15 is 0 Å². The third kappa shape index (κ3) is 2.45. The maximum Gasteiger partial charge on any atom is 0.124 e. The Morgan fingerprint density at radius 1 is 1.21 bits per heavy atom. The zero-order valence-corrected chi connectivity index (χ0v) is 11.9. The van der Waals surface area contributed by atoms with Crippen molar-refractivity contribution < 1.29 is 4.39 Å². The zero-order chi connectivity index (χ0) is 13.4. The summed E-state index contributed by atoms with van der Waals surface area (Å²) in [5.41, 5.74) is 10.1. The van der Waals surface area contributed by atoms with Crippen molar-refractivity contribution in [2.24, 2.45) is 0 Å². The topological polar surface area (TPSA) is 38.0 Å². The number of anilines is 2. The molecule has 1 aliphatic carbocycles. The second-order valence-corrected chi connectivity index (χ2v) is 5.67. The van der Waals surface area contributed by atoms with E-state index in [0.29, 0.717) is 0 Å². The first kappa shape index (κ1) is 12.5. The summed E-state index contributed by atoms with van der Waals surface area (Å²) in [6.07, 6.45) is 2.06. The number of nitrogens with two attached hydrogens (primary N) is 1. The number of halogens is 2. The number of hydrogen-bond acceptors (Lipinski definition) is 2. The Kier molecular flexibility index (Phi) is 3.19. The van der Waals surface area contributed by atoms with Gasteiger partial charge in [0.05, 0.1) is 6.04 Å². The van der Waals surface area contributed by atoms with Crippen molar-refractivity contribution in [2.75, 3.05) is 11.1 Å². The van der Waals surface area contributed by atoms with E-state index in [1.807, 2.05) is 12.1 Å². The highest BCUT2D eigenvalue weighted by molar-refractivity contribution is 9.10. The van der Waals surface area contributed by atoms with Crippen LogP contribution < -0.4 is 11.1 Å². The van der Waals surface area contributed by atoms with Crippen LogP contribution in [-0.2, 0) is 6.42 Å². The van der Waals surface area contributed by atoms with Crippen LogP contribution in [0.5, 0.6) is 0 Å². The van der Waals surface area contributed by atoms with E-state index in [0.717, 1.165) is 28.7 Å². The van der Waals surface area contributed by atoms with Crippen molar-refractivity contribution in [1.29, 1.82) is 0 Å². The molecule has 2 aromatic rings. The van der Waals surface area contributed by atoms with Crippen molar-refractivity contribution in [3.63, 3.8) is 0 Å². The highest BCUT2D eigenvalue weighted by Crippen LogP contribution is 2.36. The van der Waals surface area contributed by atoms with Gasteiger partial charge in [0.1, 0.15) is 5.82 Å². The van der Waals surface area contributed by atoms with Gasteiger partial charge in [0, 0.05) is 15.8 Å². The van der Waals surface area contributed by atoms with Gasteiger partial charge >= 0.3 is 0 Å². The van der Waals surface area contributed by atoms with Crippen LogP contribution in [0, 0.1) is 5.82 Å². The van der Waals surface area contributed by atoms with Gasteiger partial charge in [-0.15, -0.1) is 0 Å². The molecule has 0 aliphatic heterocycles. The number of aryl methyl sites for hydroxylation is 1. The van der Waals surface area contributed by atoms with Gasteiger partial charge in [-0.1, -0.05) is 6.07 Å². The minimum Gasteiger partial charge on any atom is -0.399 e. The van der Waals surface area contributed by atoms with Gasteiger partial charge in [0.15, 0.2) is 0 Å². The molecule has 0 saturated heterocycles. The Morgan fingerprint density at radius 3 is 2.84 bits per heavy atom. The van der Waals surface area contributed by atoms with Crippen molar-refractivity contribution in [1.82, 2.24) is 0 Å². The molecule has 1 atom stereocenters. The van der Waals surface area contributed by atoms with Crippen LogP contribution in [-0.4, -0.2) is 0 Å². The molecule has 1 unspecified atom stereocenters. The lowest BCUT2D eigenvalue weighted by molar-refractivity contribution is 0.627. The molecular weight excluding hydrogens is 307 g/mol. The predicted molar refractivity (Wildman–Crippen MR) is 79.6 cm³/mol. The first-order valence-electron chi connectivity index (χ1n) is 6.23. The Bertz CT molecular complexity index is 628. The number of rotatable bonds is 2. The van der Waals surface area contributed by atoms with Crippen LogP contribution in [0.2, 0.25) is 0 Å². The Labute approximate surface area is 120 Å². The van der Waals surface area contributed by atoms with Crippen LogP contribution in [0.15, 0.2) is 40.9 Å². The zero-order valence-electron chi connectivity index (χ0n) is 10.3. The van der Waals surface area contributed by atoms with E-state index in [-0.39, 0.29) is 11.9 Å². The van der Waals surface area contributed by atoms with Gasteiger partial charge < -0.3 is 11.1 Å². The molecule has 0 bridgehead atoms. The van der Waals surface area contributed by atoms with Crippen LogP contribution in [0.1, 0.15) is 23.6 Å². The summed E-state index contributed by atoms with van der Waals surface area (Å²) >= 11 is 3.38. The maximum atomic E-state index is 13.1. The molecule has 2 aromatic carbocycles. The molecule has 3 N–H and O–H groups in total. The second-order valence-electron chi connectivity index (χ2n) is 4.82. The SMILES string of the molecule is Nc1ccc2c(c1)CCC2Nc1ccc(F)cc1Br. The summed E-state index contributed by atoms with van der Waals surface area (Å²) in [5, 5.41) is 3.46. The average Bonchev–Trinajstić information content (AvgIpc) is 2.75. The van der Waals surface area contributed by atoms with Crippen molar-refractivity contribution in [3.8, 4) is 0 Å². The molecule has 0 spiro atoms. The third-order valence-corrected chi connectivity index (χ3v) is 4.16. The monoisotopic (exact) mass is 320 g/mol. The Balaban J connectivity index is 1.86. The third-order valence-electron chi connectivity index (χ3n) is 3.51. The fraction of sp³-hybridized carbons (Fsp3) is 0.200. The summed E-state index contributed by atoms with van der Waals surface area (Å²) in [5.74, 6) is -0.239. The van der Waals surface area contributed by atoms with E-state index in [4.69, 9.17) is 5.73 Å². The lowest BCUT2D eigenvalue weighted by Crippen LogP contribution is -2.07. The van der Waals surface area contributed by atoms with E-state index in [2.05, 4.69) is 27.3 Å². The molecular formula is C15H14BrFN2. The largest absolute Gasteiger partial charge is 0.399 e. The molecule has 4 heteroatoms. The maximum absolute atomic E-state index is 13.1. The van der Waals surface area contributed by atoms with Crippen LogP contribution >= 0.6 is 15.9 Å². The average molecular weight is 321 g/mol. The number of nitrogen functional groups attached to an aromatic ring is 1. The lowest BCUT2D eigenvalue weighted by Gasteiger charge is -2.17. The number of hydrogen-bond donors (Lipinski definition) is 2. The number of fused-ring (bicyclic) bond motifs is 1. The van der Waals surface area contributed by atoms with E-state index in [1.165, 1.54) is 23.3 Å². The van der Waals surface area contributed by atoms with Gasteiger partial charge in [-0.3, -0.25) is 0 Å². The first-order chi connectivity index (χ1) is 9.13. The molecule has 98 valence electrons. The summed E-state index contributed by atoms with van der Waals surface area (Å²) < 4.78 is 13.8. The minimum atomic E-state index is -0.239. The molecule has 0 saturated carbocycles. The summed E-state index contributed by atoms with van der Waals surface area (Å²) in [6, 6.07) is 11.0. The van der Waals surface area contributed by atoms with Gasteiger partial charge in [0.25, 0.3) is 0 Å². The molecule has 2 nitrogen and oxygen atoms in total. The molecule has 0 amide bonds. The van der Waals surface area contributed by atoms with Crippen LogP contribution in [0.4, 0.5) is 15.8 Å². The van der Waals surface area contributed by atoms with Crippen LogP contribution in [0.3, 0.4) is 0 Å². The van der Waals surface area contributed by atoms with Gasteiger partial charge in [-0.05, 0) is 70.2 Å². The standard InChI is InChI=1S/C15H14BrFN2/c16-13-8-10(17)2-6-15(13)19-14-5-1-9-7-11(18)3-4-12(9)14/h2-4,6-8,14,19H,1,5,18H2. The van der Waals surface area contributed by atoms with Gasteiger partial charge in [0.2, 0.25) is 0 Å². The molecule has 3 rings (SSSR count). The summed E-state index contributed by atoms with van der Waals surface area (Å²) in [7, 11) is 0. The first-order valence-corrected chi connectivity index (χ1v) is 7.02. The van der Waals surface area contributed by atoms with E-state index < -0.39 is 0 Å². The molecule has 0 fully saturated rings. The predicted octanol–water partition coefficient (Wildman–Crippen LogP) is 4.27. The van der Waals surface area contributed by atoms with Crippen LogP contribution in [0.25, 0.3) is 0 Å². The smallest absolute Gasteiger partial charge is 0.124 e. The van der Waals surface area contributed by atoms with E-state index in [9.17, 15) is 4.39 Å². The van der Waals surface area contributed by atoms with Crippen molar-refractivity contribution in [2.45, 2.75) is 18.9 Å². The highest BCUT2D eigenvalue weighted by atomic mass is 79.9. The second kappa shape index (κ2) is 4.85. The molecule has 19 heavy (non-hydrogen) atoms. The Morgan fingerprint density at radius 2 is 2.05 bits per heavy atom. The number of nitrogens with one attached hydrogen (secondary N) is 1. The minimum absolute atomic E-state index is 0.239. The van der Waals surface area contributed by atoms with E-state index in [1.54, 1.807) is 6.07 Å². The fourth-order valence-electron chi connectivity index (χ4n) is 2.58. The normalized spacial score (nSPS) is 17.3. The molecule has 0 aromatic heterocycles. The summed E-state index contributed by atoms with van der Waals surface area (Å²) in [4.78, 5) is 0. The fourth-order valence-corrected chi connectivity index (χ4v) is 3.05. The lowest BCUT2D eigenvalue weighted by atomic mass is 10.1. The molecule has 1 aliphatic rings. The quantitative estimate of drug-likeness (QED) is 0.811. The molecule has 0 heterocycles. The molecule has 0 radical (unpaired) electrons. The summed E-state index contributed by atoms with van der Waals surface area (Å²) in [6.45, 7) is 0. The Hall–Kier alpha value is -1.55. The number of benzene rings is 2.